The van der Waals surface area contributed by atoms with Crippen molar-refractivity contribution in [2.75, 3.05) is 32.4 Å². The van der Waals surface area contributed by atoms with Crippen LogP contribution in [0.25, 0.3) is 0 Å². The van der Waals surface area contributed by atoms with E-state index in [1.54, 1.807) is 26.2 Å². The van der Waals surface area contributed by atoms with Crippen molar-refractivity contribution in [2.45, 2.75) is 11.8 Å². The monoisotopic (exact) mass is 389 g/mol. The highest BCUT2D eigenvalue weighted by molar-refractivity contribution is 7.92. The molecule has 27 heavy (non-hydrogen) atoms. The number of nitrogens with zero attached hydrogens (tertiary/aromatic N) is 2. The predicted octanol–water partition coefficient (Wildman–Crippen LogP) is 1.96. The van der Waals surface area contributed by atoms with Crippen molar-refractivity contribution in [2.24, 2.45) is 0 Å². The van der Waals surface area contributed by atoms with E-state index in [0.717, 1.165) is 5.56 Å². The lowest BCUT2D eigenvalue weighted by Gasteiger charge is -2.19. The summed E-state index contributed by atoms with van der Waals surface area (Å²) in [4.78, 5) is 26.8. The van der Waals surface area contributed by atoms with Crippen molar-refractivity contribution in [3.63, 3.8) is 0 Å². The number of rotatable bonds is 6. The second kappa shape index (κ2) is 8.22. The van der Waals surface area contributed by atoms with Crippen molar-refractivity contribution < 1.29 is 18.0 Å². The minimum absolute atomic E-state index is 0.0478. The number of sulfonamides is 1. The van der Waals surface area contributed by atoms with E-state index in [2.05, 4.69) is 4.72 Å². The summed E-state index contributed by atoms with van der Waals surface area (Å²) in [6, 6.07) is 12.6. The third-order valence-corrected chi connectivity index (χ3v) is 5.33. The molecule has 1 N–H and O–H groups in total. The molecule has 0 atom stereocenters. The van der Waals surface area contributed by atoms with Crippen LogP contribution in [0, 0.1) is 6.92 Å². The van der Waals surface area contributed by atoms with Gasteiger partial charge in [-0.1, -0.05) is 17.7 Å². The van der Waals surface area contributed by atoms with E-state index < -0.39 is 10.0 Å². The first-order valence-electron chi connectivity index (χ1n) is 8.25. The summed E-state index contributed by atoms with van der Waals surface area (Å²) in [6.45, 7) is 1.86. The SMILES string of the molecule is Cc1ccc(NS(=O)(=O)c2ccc(C(=O)N(C)CC(=O)N(C)C)cc2)cc1. The Bertz CT molecular complexity index is 920. The molecule has 0 aliphatic heterocycles. The minimum Gasteiger partial charge on any atom is -0.347 e. The maximum absolute atomic E-state index is 12.5. The van der Waals surface area contributed by atoms with Gasteiger partial charge < -0.3 is 9.80 Å². The average Bonchev–Trinajstić information content (AvgIpc) is 2.62. The van der Waals surface area contributed by atoms with Crippen LogP contribution in [0.2, 0.25) is 0 Å². The first-order chi connectivity index (χ1) is 12.6. The Balaban J connectivity index is 2.12. The molecule has 0 saturated heterocycles. The first kappa shape index (κ1) is 20.4. The van der Waals surface area contributed by atoms with Gasteiger partial charge in [0.05, 0.1) is 11.4 Å². The van der Waals surface area contributed by atoms with Crippen molar-refractivity contribution >= 4 is 27.5 Å². The van der Waals surface area contributed by atoms with Gasteiger partial charge in [-0.05, 0) is 43.3 Å². The molecular weight excluding hydrogens is 366 g/mol. The lowest BCUT2D eigenvalue weighted by Crippen LogP contribution is -2.37. The molecule has 2 rings (SSSR count). The van der Waals surface area contributed by atoms with Crippen LogP contribution in [0.5, 0.6) is 0 Å². The molecule has 0 bridgehead atoms. The van der Waals surface area contributed by atoms with E-state index in [9.17, 15) is 18.0 Å². The van der Waals surface area contributed by atoms with Crippen LogP contribution in [-0.2, 0) is 14.8 Å². The predicted molar refractivity (Wildman–Crippen MR) is 104 cm³/mol. The maximum atomic E-state index is 12.5. The topological polar surface area (TPSA) is 86.8 Å². The van der Waals surface area contributed by atoms with Gasteiger partial charge in [-0.25, -0.2) is 8.42 Å². The molecule has 0 aliphatic carbocycles. The molecule has 8 heteroatoms. The molecule has 0 heterocycles. The minimum atomic E-state index is -3.75. The Morgan fingerprint density at radius 3 is 2.00 bits per heavy atom. The number of amides is 2. The third kappa shape index (κ3) is 5.30. The largest absolute Gasteiger partial charge is 0.347 e. The van der Waals surface area contributed by atoms with Crippen molar-refractivity contribution in [3.8, 4) is 0 Å². The smallest absolute Gasteiger partial charge is 0.261 e. The zero-order valence-corrected chi connectivity index (χ0v) is 16.6. The molecule has 2 aromatic carbocycles. The summed E-state index contributed by atoms with van der Waals surface area (Å²) >= 11 is 0. The highest BCUT2D eigenvalue weighted by atomic mass is 32.2. The Morgan fingerprint density at radius 2 is 1.48 bits per heavy atom. The van der Waals surface area contributed by atoms with Gasteiger partial charge in [-0.3, -0.25) is 14.3 Å². The molecule has 0 spiro atoms. The van der Waals surface area contributed by atoms with Crippen molar-refractivity contribution in [3.05, 3.63) is 59.7 Å². The normalized spacial score (nSPS) is 11.0. The van der Waals surface area contributed by atoms with Crippen LogP contribution in [-0.4, -0.2) is 57.7 Å². The summed E-state index contributed by atoms with van der Waals surface area (Å²) in [5.74, 6) is -0.562. The van der Waals surface area contributed by atoms with Crippen LogP contribution in [0.4, 0.5) is 5.69 Å². The number of hydrogen-bond donors (Lipinski definition) is 1. The molecule has 0 fully saturated rings. The molecule has 0 unspecified atom stereocenters. The van der Waals surface area contributed by atoms with Crippen molar-refractivity contribution in [1.82, 2.24) is 9.80 Å². The van der Waals surface area contributed by atoms with Gasteiger partial charge in [-0.2, -0.15) is 0 Å². The Morgan fingerprint density at radius 1 is 0.926 bits per heavy atom. The highest BCUT2D eigenvalue weighted by Crippen LogP contribution is 2.17. The Kier molecular flexibility index (Phi) is 6.22. The Hall–Kier alpha value is -2.87. The Labute approximate surface area is 159 Å². The second-order valence-electron chi connectivity index (χ2n) is 6.45. The number of benzene rings is 2. The lowest BCUT2D eigenvalue weighted by atomic mass is 10.2. The van der Waals surface area contributed by atoms with Gasteiger partial charge in [0.25, 0.3) is 15.9 Å². The molecule has 7 nitrogen and oxygen atoms in total. The van der Waals surface area contributed by atoms with Gasteiger partial charge in [0.15, 0.2) is 0 Å². The molecule has 144 valence electrons. The number of anilines is 1. The molecule has 2 aromatic rings. The van der Waals surface area contributed by atoms with Crippen LogP contribution < -0.4 is 4.72 Å². The fourth-order valence-corrected chi connectivity index (χ4v) is 3.31. The number of hydrogen-bond acceptors (Lipinski definition) is 4. The van der Waals surface area contributed by atoms with Crippen LogP contribution in [0.15, 0.2) is 53.4 Å². The lowest BCUT2D eigenvalue weighted by molar-refractivity contribution is -0.129. The summed E-state index contributed by atoms with van der Waals surface area (Å²) in [7, 11) is 0.991. The van der Waals surface area contributed by atoms with Gasteiger partial charge in [0, 0.05) is 32.4 Å². The first-order valence-corrected chi connectivity index (χ1v) is 9.73. The summed E-state index contributed by atoms with van der Waals surface area (Å²) in [5.41, 5.74) is 1.79. The van der Waals surface area contributed by atoms with Crippen LogP contribution in [0.3, 0.4) is 0 Å². The van der Waals surface area contributed by atoms with Gasteiger partial charge in [-0.15, -0.1) is 0 Å². The molecule has 0 aliphatic rings. The van der Waals surface area contributed by atoms with Crippen LogP contribution in [0.1, 0.15) is 15.9 Å². The number of likely N-dealkylation sites (N-methyl/N-ethyl adjacent to an activating group) is 2. The number of carbonyl (C=O) groups excluding carboxylic acids is 2. The summed E-state index contributed by atoms with van der Waals surface area (Å²) in [6.07, 6.45) is 0. The fraction of sp³-hybridized carbons (Fsp3) is 0.263. The molecule has 2 amide bonds. The molecule has 0 radical (unpaired) electrons. The summed E-state index contributed by atoms with van der Waals surface area (Å²) in [5, 5.41) is 0. The second-order valence-corrected chi connectivity index (χ2v) is 8.13. The van der Waals surface area contributed by atoms with E-state index in [1.165, 1.54) is 41.1 Å². The number of nitrogens with one attached hydrogen (secondary N) is 1. The quantitative estimate of drug-likeness (QED) is 0.818. The molecule has 0 saturated carbocycles. The van der Waals surface area contributed by atoms with E-state index in [0.29, 0.717) is 11.3 Å². The third-order valence-electron chi connectivity index (χ3n) is 3.93. The zero-order chi connectivity index (χ0) is 20.2. The van der Waals surface area contributed by atoms with E-state index in [4.69, 9.17) is 0 Å². The standard InChI is InChI=1S/C19H23N3O4S/c1-14-5-9-16(10-6-14)20-27(25,26)17-11-7-15(8-12-17)19(24)22(4)13-18(23)21(2)3/h5-12,20H,13H2,1-4H3. The fourth-order valence-electron chi connectivity index (χ4n) is 2.25. The average molecular weight is 389 g/mol. The van der Waals surface area contributed by atoms with E-state index in [1.807, 2.05) is 19.1 Å². The van der Waals surface area contributed by atoms with E-state index >= 15 is 0 Å². The van der Waals surface area contributed by atoms with Gasteiger partial charge >= 0.3 is 0 Å². The van der Waals surface area contributed by atoms with Gasteiger partial charge in [0.1, 0.15) is 0 Å². The van der Waals surface area contributed by atoms with E-state index in [-0.39, 0.29) is 23.3 Å². The number of aryl methyl sites for hydroxylation is 1. The molecule has 0 aromatic heterocycles. The van der Waals surface area contributed by atoms with Crippen LogP contribution >= 0.6 is 0 Å². The van der Waals surface area contributed by atoms with Crippen molar-refractivity contribution in [1.29, 1.82) is 0 Å². The summed E-state index contributed by atoms with van der Waals surface area (Å²) < 4.78 is 27.4. The zero-order valence-electron chi connectivity index (χ0n) is 15.8. The molecular formula is C19H23N3O4S. The number of carbonyl (C=O) groups is 2. The maximum Gasteiger partial charge on any atom is 0.261 e. The van der Waals surface area contributed by atoms with Gasteiger partial charge in [0.2, 0.25) is 5.91 Å². The highest BCUT2D eigenvalue weighted by Gasteiger charge is 2.18.